The standard InChI is InChI=1S/C25H20FNO3/c26-24-13-5-7-17(15-28)18(24)12-6-14-27-25(29)30-16-23-21-10-3-1-8-19(21)20-9-2-4-11-22(20)23/h1-13,15,23H,14,16H2,(H,27,29). The summed E-state index contributed by atoms with van der Waals surface area (Å²) >= 11 is 0. The molecule has 1 N–H and O–H groups in total. The second-order valence-electron chi connectivity index (χ2n) is 6.97. The van der Waals surface area contributed by atoms with Crippen molar-refractivity contribution in [2.45, 2.75) is 5.92 Å². The lowest BCUT2D eigenvalue weighted by Gasteiger charge is -2.14. The Bertz CT molecular complexity index is 1080. The Morgan fingerprint density at radius 1 is 0.967 bits per heavy atom. The van der Waals surface area contributed by atoms with Crippen LogP contribution < -0.4 is 5.32 Å². The van der Waals surface area contributed by atoms with E-state index in [1.165, 1.54) is 35.4 Å². The molecule has 0 fully saturated rings. The van der Waals surface area contributed by atoms with Gasteiger partial charge in [-0.15, -0.1) is 0 Å². The molecule has 0 saturated heterocycles. The van der Waals surface area contributed by atoms with Gasteiger partial charge in [-0.25, -0.2) is 9.18 Å². The van der Waals surface area contributed by atoms with Gasteiger partial charge in [0.1, 0.15) is 12.4 Å². The van der Waals surface area contributed by atoms with Gasteiger partial charge in [-0.2, -0.15) is 0 Å². The summed E-state index contributed by atoms with van der Waals surface area (Å²) in [7, 11) is 0. The smallest absolute Gasteiger partial charge is 0.407 e. The molecule has 0 unspecified atom stereocenters. The third-order valence-electron chi connectivity index (χ3n) is 5.21. The van der Waals surface area contributed by atoms with Gasteiger partial charge in [0.25, 0.3) is 0 Å². The van der Waals surface area contributed by atoms with Crippen LogP contribution in [-0.2, 0) is 4.74 Å². The van der Waals surface area contributed by atoms with Crippen molar-refractivity contribution >= 4 is 18.5 Å². The van der Waals surface area contributed by atoms with Crippen molar-refractivity contribution in [3.05, 3.63) is 101 Å². The van der Waals surface area contributed by atoms with Crippen LogP contribution in [0.4, 0.5) is 9.18 Å². The SMILES string of the molecule is O=Cc1cccc(F)c1C=CCNC(=O)OCC1c2ccccc2-c2ccccc21. The number of benzene rings is 3. The molecular weight excluding hydrogens is 381 g/mol. The van der Waals surface area contributed by atoms with Crippen LogP contribution in [0, 0.1) is 5.82 Å². The van der Waals surface area contributed by atoms with Crippen molar-refractivity contribution < 1.29 is 18.7 Å². The van der Waals surface area contributed by atoms with Crippen LogP contribution in [0.5, 0.6) is 0 Å². The number of carbonyl (C=O) groups excluding carboxylic acids is 2. The molecule has 4 nitrogen and oxygen atoms in total. The van der Waals surface area contributed by atoms with Crippen molar-refractivity contribution in [3.63, 3.8) is 0 Å². The van der Waals surface area contributed by atoms with Crippen molar-refractivity contribution in [1.82, 2.24) is 5.32 Å². The van der Waals surface area contributed by atoms with E-state index in [1.54, 1.807) is 6.08 Å². The first-order valence-electron chi connectivity index (χ1n) is 9.68. The molecular formula is C25H20FNO3. The number of hydrogen-bond donors (Lipinski definition) is 1. The topological polar surface area (TPSA) is 55.4 Å². The first-order chi connectivity index (χ1) is 14.7. The van der Waals surface area contributed by atoms with E-state index in [2.05, 4.69) is 29.6 Å². The molecule has 1 aliphatic rings. The lowest BCUT2D eigenvalue weighted by atomic mass is 9.98. The van der Waals surface area contributed by atoms with Gasteiger partial charge >= 0.3 is 6.09 Å². The highest BCUT2D eigenvalue weighted by molar-refractivity contribution is 5.82. The summed E-state index contributed by atoms with van der Waals surface area (Å²) in [4.78, 5) is 23.1. The lowest BCUT2D eigenvalue weighted by Crippen LogP contribution is -2.26. The molecule has 5 heteroatoms. The van der Waals surface area contributed by atoms with Gasteiger partial charge in [0.15, 0.2) is 6.29 Å². The predicted molar refractivity (Wildman–Crippen MR) is 114 cm³/mol. The monoisotopic (exact) mass is 401 g/mol. The zero-order chi connectivity index (χ0) is 20.9. The van der Waals surface area contributed by atoms with Crippen LogP contribution in [0.25, 0.3) is 17.2 Å². The van der Waals surface area contributed by atoms with E-state index >= 15 is 0 Å². The number of aldehydes is 1. The molecule has 1 amide bonds. The fourth-order valence-corrected chi connectivity index (χ4v) is 3.80. The van der Waals surface area contributed by atoms with Gasteiger partial charge < -0.3 is 10.1 Å². The summed E-state index contributed by atoms with van der Waals surface area (Å²) in [5.74, 6) is -0.496. The molecule has 0 saturated carbocycles. The van der Waals surface area contributed by atoms with E-state index in [1.807, 2.05) is 24.3 Å². The van der Waals surface area contributed by atoms with Crippen molar-refractivity contribution in [2.75, 3.05) is 13.2 Å². The number of rotatable bonds is 6. The van der Waals surface area contributed by atoms with Gasteiger partial charge in [-0.05, 0) is 28.3 Å². The lowest BCUT2D eigenvalue weighted by molar-refractivity contribution is 0.112. The zero-order valence-corrected chi connectivity index (χ0v) is 16.2. The van der Waals surface area contributed by atoms with Gasteiger partial charge in [-0.3, -0.25) is 4.79 Å². The van der Waals surface area contributed by atoms with Gasteiger partial charge in [-0.1, -0.05) is 72.8 Å². The minimum atomic E-state index is -0.550. The molecule has 0 spiro atoms. The van der Waals surface area contributed by atoms with E-state index in [0.717, 1.165) is 11.1 Å². The number of fused-ring (bicyclic) bond motifs is 3. The number of carbonyl (C=O) groups is 2. The summed E-state index contributed by atoms with van der Waals surface area (Å²) < 4.78 is 19.3. The number of hydrogen-bond acceptors (Lipinski definition) is 3. The normalized spacial score (nSPS) is 12.4. The molecule has 0 atom stereocenters. The van der Waals surface area contributed by atoms with Crippen LogP contribution in [0.15, 0.2) is 72.8 Å². The minimum Gasteiger partial charge on any atom is -0.449 e. The molecule has 4 rings (SSSR count). The zero-order valence-electron chi connectivity index (χ0n) is 16.2. The fourth-order valence-electron chi connectivity index (χ4n) is 3.80. The van der Waals surface area contributed by atoms with Crippen LogP contribution in [0.2, 0.25) is 0 Å². The third-order valence-corrected chi connectivity index (χ3v) is 5.21. The summed E-state index contributed by atoms with van der Waals surface area (Å²) in [6.07, 6.45) is 3.10. The second-order valence-corrected chi connectivity index (χ2v) is 6.97. The highest BCUT2D eigenvalue weighted by Crippen LogP contribution is 2.44. The van der Waals surface area contributed by atoms with Gasteiger partial charge in [0.05, 0.1) is 0 Å². The summed E-state index contributed by atoms with van der Waals surface area (Å²) in [5.41, 5.74) is 5.08. The maximum atomic E-state index is 13.8. The third kappa shape index (κ3) is 3.87. The number of halogens is 1. The number of nitrogens with one attached hydrogen (secondary N) is 1. The number of ether oxygens (including phenoxy) is 1. The summed E-state index contributed by atoms with van der Waals surface area (Å²) in [5, 5.41) is 2.62. The van der Waals surface area contributed by atoms with Gasteiger partial charge in [0.2, 0.25) is 0 Å². The quantitative estimate of drug-likeness (QED) is 0.579. The fraction of sp³-hybridized carbons (Fsp3) is 0.120. The Balaban J connectivity index is 1.36. The average molecular weight is 401 g/mol. The Morgan fingerprint density at radius 2 is 1.63 bits per heavy atom. The van der Waals surface area contributed by atoms with Crippen LogP contribution in [0.1, 0.15) is 33.0 Å². The summed E-state index contributed by atoms with van der Waals surface area (Å²) in [6.45, 7) is 0.384. The first-order valence-corrected chi connectivity index (χ1v) is 9.68. The van der Waals surface area contributed by atoms with Crippen molar-refractivity contribution in [1.29, 1.82) is 0 Å². The molecule has 0 radical (unpaired) electrons. The Labute approximate surface area is 174 Å². The van der Waals surface area contributed by atoms with E-state index < -0.39 is 11.9 Å². The molecule has 30 heavy (non-hydrogen) atoms. The van der Waals surface area contributed by atoms with Crippen molar-refractivity contribution in [2.24, 2.45) is 0 Å². The Morgan fingerprint density at radius 3 is 2.30 bits per heavy atom. The molecule has 0 heterocycles. The van der Waals surface area contributed by atoms with E-state index in [4.69, 9.17) is 4.74 Å². The Hall–Kier alpha value is -3.73. The van der Waals surface area contributed by atoms with Crippen molar-refractivity contribution in [3.8, 4) is 11.1 Å². The molecule has 3 aromatic carbocycles. The average Bonchev–Trinajstić information content (AvgIpc) is 3.10. The van der Waals surface area contributed by atoms with Crippen LogP contribution in [-0.4, -0.2) is 25.5 Å². The minimum absolute atomic E-state index is 0.00717. The van der Waals surface area contributed by atoms with E-state index in [-0.39, 0.29) is 30.2 Å². The molecule has 0 aromatic heterocycles. The molecule has 0 bridgehead atoms. The molecule has 3 aromatic rings. The second kappa shape index (κ2) is 8.74. The van der Waals surface area contributed by atoms with Gasteiger partial charge in [0, 0.05) is 23.6 Å². The predicted octanol–water partition coefficient (Wildman–Crippen LogP) is 5.19. The molecule has 150 valence electrons. The first kappa shape index (κ1) is 19.6. The maximum absolute atomic E-state index is 13.8. The highest BCUT2D eigenvalue weighted by atomic mass is 19.1. The Kier molecular flexibility index (Phi) is 5.70. The number of alkyl carbamates (subject to hydrolysis) is 1. The molecule has 1 aliphatic carbocycles. The highest BCUT2D eigenvalue weighted by Gasteiger charge is 2.28. The molecule has 0 aliphatic heterocycles. The van der Waals surface area contributed by atoms with E-state index in [0.29, 0.717) is 6.29 Å². The maximum Gasteiger partial charge on any atom is 0.407 e. The summed E-state index contributed by atoms with van der Waals surface area (Å²) in [6, 6.07) is 20.5. The largest absolute Gasteiger partial charge is 0.449 e. The van der Waals surface area contributed by atoms with E-state index in [9.17, 15) is 14.0 Å². The van der Waals surface area contributed by atoms with Crippen LogP contribution >= 0.6 is 0 Å². The van der Waals surface area contributed by atoms with Crippen LogP contribution in [0.3, 0.4) is 0 Å². The number of amides is 1.